The number of carboxylic acids is 1. The zero-order chi connectivity index (χ0) is 18.8. The zero-order valence-corrected chi connectivity index (χ0v) is 14.7. The van der Waals surface area contributed by atoms with Crippen LogP contribution < -0.4 is 10.1 Å². The predicted octanol–water partition coefficient (Wildman–Crippen LogP) is 3.30. The molecule has 5 nitrogen and oxygen atoms in total. The molecule has 2 N–H and O–H groups in total. The molecule has 0 heterocycles. The normalized spacial score (nSPS) is 11.9. The first kappa shape index (κ1) is 19.2. The van der Waals surface area contributed by atoms with Crippen LogP contribution in [0.15, 0.2) is 60.7 Å². The minimum absolute atomic E-state index is 0.235. The summed E-state index contributed by atoms with van der Waals surface area (Å²) < 4.78 is 5.50. The van der Waals surface area contributed by atoms with E-state index in [0.717, 1.165) is 23.3 Å². The Morgan fingerprint density at radius 1 is 1.12 bits per heavy atom. The lowest BCUT2D eigenvalue weighted by Crippen LogP contribution is -2.41. The van der Waals surface area contributed by atoms with Crippen LogP contribution >= 0.6 is 0 Å². The third-order valence-corrected chi connectivity index (χ3v) is 3.68. The summed E-state index contributed by atoms with van der Waals surface area (Å²) in [4.78, 5) is 23.4. The number of amides is 1. The van der Waals surface area contributed by atoms with Crippen LogP contribution in [0.3, 0.4) is 0 Å². The molecule has 5 heteroatoms. The van der Waals surface area contributed by atoms with Gasteiger partial charge in [-0.2, -0.15) is 0 Å². The van der Waals surface area contributed by atoms with E-state index in [-0.39, 0.29) is 6.42 Å². The van der Waals surface area contributed by atoms with Gasteiger partial charge >= 0.3 is 5.97 Å². The summed E-state index contributed by atoms with van der Waals surface area (Å²) in [6, 6.07) is 15.6. The van der Waals surface area contributed by atoms with Crippen LogP contribution in [0.1, 0.15) is 24.5 Å². The van der Waals surface area contributed by atoms with Crippen LogP contribution in [-0.2, 0) is 16.0 Å². The van der Waals surface area contributed by atoms with Crippen LogP contribution in [0.4, 0.5) is 0 Å². The smallest absolute Gasteiger partial charge is 0.326 e. The Kier molecular flexibility index (Phi) is 7.43. The van der Waals surface area contributed by atoms with Gasteiger partial charge in [-0.3, -0.25) is 4.79 Å². The van der Waals surface area contributed by atoms with Crippen molar-refractivity contribution in [1.29, 1.82) is 0 Å². The molecule has 0 saturated carbocycles. The quantitative estimate of drug-likeness (QED) is 0.678. The van der Waals surface area contributed by atoms with Gasteiger partial charge in [-0.1, -0.05) is 49.4 Å². The van der Waals surface area contributed by atoms with Gasteiger partial charge < -0.3 is 15.2 Å². The molecule has 0 bridgehead atoms. The molecule has 2 rings (SSSR count). The van der Waals surface area contributed by atoms with Gasteiger partial charge in [0, 0.05) is 12.5 Å². The van der Waals surface area contributed by atoms with Crippen molar-refractivity contribution < 1.29 is 19.4 Å². The van der Waals surface area contributed by atoms with Gasteiger partial charge in [0.05, 0.1) is 6.61 Å². The SMILES string of the molecule is CCCOc1ccc(/C=C/C(=O)N[C@H](Cc2ccccc2)C(=O)O)cc1. The molecule has 1 atom stereocenters. The van der Waals surface area contributed by atoms with Crippen molar-refractivity contribution in [2.75, 3.05) is 6.61 Å². The number of benzene rings is 2. The maximum absolute atomic E-state index is 12.0. The molecule has 2 aromatic carbocycles. The van der Waals surface area contributed by atoms with E-state index >= 15 is 0 Å². The summed E-state index contributed by atoms with van der Waals surface area (Å²) in [5.41, 5.74) is 1.69. The number of rotatable bonds is 9. The molecule has 1 amide bonds. The van der Waals surface area contributed by atoms with Crippen molar-refractivity contribution >= 4 is 18.0 Å². The van der Waals surface area contributed by atoms with Gasteiger partial charge in [-0.05, 0) is 35.8 Å². The summed E-state index contributed by atoms with van der Waals surface area (Å²) in [5.74, 6) is -0.727. The van der Waals surface area contributed by atoms with Gasteiger partial charge in [0.1, 0.15) is 11.8 Å². The molecule has 0 aliphatic carbocycles. The lowest BCUT2D eigenvalue weighted by molar-refractivity contribution is -0.141. The van der Waals surface area contributed by atoms with Crippen LogP contribution in [-0.4, -0.2) is 29.6 Å². The second kappa shape index (κ2) is 10.0. The maximum atomic E-state index is 12.0. The lowest BCUT2D eigenvalue weighted by atomic mass is 10.1. The number of carbonyl (C=O) groups is 2. The van der Waals surface area contributed by atoms with Gasteiger partial charge in [0.2, 0.25) is 5.91 Å². The average molecular weight is 353 g/mol. The highest BCUT2D eigenvalue weighted by Crippen LogP contribution is 2.13. The number of hydrogen-bond donors (Lipinski definition) is 2. The Morgan fingerprint density at radius 2 is 1.81 bits per heavy atom. The van der Waals surface area contributed by atoms with E-state index in [2.05, 4.69) is 5.32 Å². The summed E-state index contributed by atoms with van der Waals surface area (Å²) in [6.45, 7) is 2.70. The molecule has 0 spiro atoms. The average Bonchev–Trinajstić information content (AvgIpc) is 2.65. The van der Waals surface area contributed by atoms with Crippen molar-refractivity contribution in [3.8, 4) is 5.75 Å². The maximum Gasteiger partial charge on any atom is 0.326 e. The van der Waals surface area contributed by atoms with E-state index in [1.807, 2.05) is 61.5 Å². The number of aliphatic carboxylic acids is 1. The molecular weight excluding hydrogens is 330 g/mol. The van der Waals surface area contributed by atoms with E-state index in [0.29, 0.717) is 6.61 Å². The Bertz CT molecular complexity index is 738. The lowest BCUT2D eigenvalue weighted by Gasteiger charge is -2.13. The predicted molar refractivity (Wildman–Crippen MR) is 101 cm³/mol. The summed E-state index contributed by atoms with van der Waals surface area (Å²) in [5, 5.41) is 11.8. The van der Waals surface area contributed by atoms with Crippen LogP contribution in [0.2, 0.25) is 0 Å². The molecule has 0 aliphatic rings. The Balaban J connectivity index is 1.92. The summed E-state index contributed by atoms with van der Waals surface area (Å²) in [6.07, 6.45) is 4.15. The highest BCUT2D eigenvalue weighted by Gasteiger charge is 2.19. The second-order valence-electron chi connectivity index (χ2n) is 5.84. The largest absolute Gasteiger partial charge is 0.494 e. The number of hydrogen-bond acceptors (Lipinski definition) is 3. The van der Waals surface area contributed by atoms with Crippen molar-refractivity contribution in [2.24, 2.45) is 0 Å². The number of nitrogens with one attached hydrogen (secondary N) is 1. The van der Waals surface area contributed by atoms with E-state index in [9.17, 15) is 14.7 Å². The fourth-order valence-corrected chi connectivity index (χ4v) is 2.34. The fourth-order valence-electron chi connectivity index (χ4n) is 2.34. The van der Waals surface area contributed by atoms with E-state index in [1.54, 1.807) is 6.08 Å². The molecule has 2 aromatic rings. The Hall–Kier alpha value is -3.08. The Labute approximate surface area is 153 Å². The minimum atomic E-state index is -1.06. The minimum Gasteiger partial charge on any atom is -0.494 e. The first-order chi connectivity index (χ1) is 12.6. The van der Waals surface area contributed by atoms with Gasteiger partial charge in [0.15, 0.2) is 0 Å². The van der Waals surface area contributed by atoms with Crippen LogP contribution in [0.25, 0.3) is 6.08 Å². The van der Waals surface area contributed by atoms with Crippen molar-refractivity contribution in [1.82, 2.24) is 5.32 Å². The first-order valence-corrected chi connectivity index (χ1v) is 8.56. The Morgan fingerprint density at radius 3 is 2.42 bits per heavy atom. The highest BCUT2D eigenvalue weighted by molar-refractivity contribution is 5.94. The van der Waals surface area contributed by atoms with Crippen LogP contribution in [0, 0.1) is 0 Å². The van der Waals surface area contributed by atoms with E-state index < -0.39 is 17.9 Å². The third kappa shape index (κ3) is 6.43. The number of carboxylic acid groups (broad SMARTS) is 1. The molecule has 0 aliphatic heterocycles. The highest BCUT2D eigenvalue weighted by atomic mass is 16.5. The monoisotopic (exact) mass is 353 g/mol. The van der Waals surface area contributed by atoms with E-state index in [4.69, 9.17) is 4.74 Å². The van der Waals surface area contributed by atoms with Gasteiger partial charge in [0.25, 0.3) is 0 Å². The van der Waals surface area contributed by atoms with Crippen molar-refractivity contribution in [3.05, 3.63) is 71.8 Å². The van der Waals surface area contributed by atoms with Gasteiger partial charge in [-0.25, -0.2) is 4.79 Å². The third-order valence-electron chi connectivity index (χ3n) is 3.68. The second-order valence-corrected chi connectivity index (χ2v) is 5.84. The molecular formula is C21H23NO4. The molecule has 0 radical (unpaired) electrons. The van der Waals surface area contributed by atoms with Crippen molar-refractivity contribution in [2.45, 2.75) is 25.8 Å². The summed E-state index contributed by atoms with van der Waals surface area (Å²) >= 11 is 0. The van der Waals surface area contributed by atoms with Crippen LogP contribution in [0.5, 0.6) is 5.75 Å². The molecule has 26 heavy (non-hydrogen) atoms. The first-order valence-electron chi connectivity index (χ1n) is 8.56. The molecule has 0 saturated heterocycles. The molecule has 0 fully saturated rings. The van der Waals surface area contributed by atoms with E-state index in [1.165, 1.54) is 6.08 Å². The molecule has 136 valence electrons. The topological polar surface area (TPSA) is 75.6 Å². The molecule has 0 aromatic heterocycles. The number of carbonyl (C=O) groups excluding carboxylic acids is 1. The molecule has 0 unspecified atom stereocenters. The van der Waals surface area contributed by atoms with Crippen molar-refractivity contribution in [3.63, 3.8) is 0 Å². The summed E-state index contributed by atoms with van der Waals surface area (Å²) in [7, 11) is 0. The number of ether oxygens (including phenoxy) is 1. The van der Waals surface area contributed by atoms with Gasteiger partial charge in [-0.15, -0.1) is 0 Å². The fraction of sp³-hybridized carbons (Fsp3) is 0.238. The standard InChI is InChI=1S/C21H23NO4/c1-2-14-26-18-11-8-16(9-12-18)10-13-20(23)22-19(21(24)25)15-17-6-4-3-5-7-17/h3-13,19H,2,14-15H2,1H3,(H,22,23)(H,24,25)/b13-10+/t19-/m1/s1. The zero-order valence-electron chi connectivity index (χ0n) is 14.7.